The molecule has 1 atom stereocenters. The third-order valence-corrected chi connectivity index (χ3v) is 5.14. The topological polar surface area (TPSA) is 12.0 Å². The van der Waals surface area contributed by atoms with E-state index in [1.165, 1.54) is 69.5 Å². The maximum absolute atomic E-state index is 3.66. The van der Waals surface area contributed by atoms with E-state index in [0.717, 1.165) is 11.8 Å². The molecule has 1 aliphatic carbocycles. The lowest BCUT2D eigenvalue weighted by atomic mass is 9.87. The summed E-state index contributed by atoms with van der Waals surface area (Å²) in [7, 11) is 0. The number of hydrogen-bond acceptors (Lipinski definition) is 2. The van der Waals surface area contributed by atoms with Gasteiger partial charge in [-0.05, 0) is 49.3 Å². The highest BCUT2D eigenvalue weighted by atomic mass is 32.2. The molecule has 1 N–H and O–H groups in total. The van der Waals surface area contributed by atoms with Crippen LogP contribution in [0.2, 0.25) is 0 Å². The van der Waals surface area contributed by atoms with E-state index in [-0.39, 0.29) is 0 Å². The van der Waals surface area contributed by atoms with E-state index in [1.807, 2.05) is 0 Å². The van der Waals surface area contributed by atoms with Crippen LogP contribution in [0.5, 0.6) is 0 Å². The van der Waals surface area contributed by atoms with Gasteiger partial charge >= 0.3 is 0 Å². The second kappa shape index (κ2) is 6.80. The van der Waals surface area contributed by atoms with Crippen LogP contribution in [-0.2, 0) is 0 Å². The normalized spacial score (nSPS) is 28.4. The smallest absolute Gasteiger partial charge is 0.00123 e. The summed E-state index contributed by atoms with van der Waals surface area (Å²) in [5, 5.41) is 3.66. The summed E-state index contributed by atoms with van der Waals surface area (Å²) in [6.45, 7) is 2.55. The van der Waals surface area contributed by atoms with Crippen LogP contribution in [-0.4, -0.2) is 24.6 Å². The van der Waals surface area contributed by atoms with Crippen molar-refractivity contribution in [1.82, 2.24) is 5.32 Å². The number of nitrogens with one attached hydrogen (secondary N) is 1. The zero-order chi connectivity index (χ0) is 10.3. The van der Waals surface area contributed by atoms with E-state index in [9.17, 15) is 0 Å². The van der Waals surface area contributed by atoms with Gasteiger partial charge < -0.3 is 5.32 Å². The highest BCUT2D eigenvalue weighted by Crippen LogP contribution is 2.26. The van der Waals surface area contributed by atoms with Gasteiger partial charge in [-0.2, -0.15) is 11.8 Å². The van der Waals surface area contributed by atoms with Crippen molar-refractivity contribution in [3.05, 3.63) is 0 Å². The van der Waals surface area contributed by atoms with E-state index < -0.39 is 0 Å². The molecule has 2 fully saturated rings. The predicted molar refractivity (Wildman–Crippen MR) is 69.5 cm³/mol. The Hall–Kier alpha value is 0.310. The van der Waals surface area contributed by atoms with Gasteiger partial charge in [0.2, 0.25) is 0 Å². The van der Waals surface area contributed by atoms with E-state index in [2.05, 4.69) is 17.1 Å². The fourth-order valence-corrected chi connectivity index (χ4v) is 4.12. The van der Waals surface area contributed by atoms with Crippen molar-refractivity contribution in [3.8, 4) is 0 Å². The summed E-state index contributed by atoms with van der Waals surface area (Å²) >= 11 is 2.13. The summed E-state index contributed by atoms with van der Waals surface area (Å²) in [6.07, 6.45) is 10.3. The molecule has 0 spiro atoms. The molecule has 1 heterocycles. The molecule has 0 aromatic rings. The zero-order valence-electron chi connectivity index (χ0n) is 9.84. The molecule has 1 aliphatic heterocycles. The van der Waals surface area contributed by atoms with Gasteiger partial charge in [0.15, 0.2) is 0 Å². The maximum Gasteiger partial charge on any atom is -0.00123 e. The van der Waals surface area contributed by atoms with Crippen molar-refractivity contribution >= 4 is 11.8 Å². The molecule has 2 aliphatic rings. The molecule has 1 nitrogen and oxygen atoms in total. The Bertz CT molecular complexity index is 160. The monoisotopic (exact) mass is 227 g/mol. The van der Waals surface area contributed by atoms with Gasteiger partial charge in [0.1, 0.15) is 0 Å². The molecular formula is C13H25NS. The zero-order valence-corrected chi connectivity index (χ0v) is 10.7. The molecule has 1 unspecified atom stereocenters. The summed E-state index contributed by atoms with van der Waals surface area (Å²) in [6, 6.07) is 0. The first-order chi connectivity index (χ1) is 7.45. The number of thioether (sulfide) groups is 1. The van der Waals surface area contributed by atoms with Crippen LogP contribution >= 0.6 is 11.8 Å². The maximum atomic E-state index is 3.66. The lowest BCUT2D eigenvalue weighted by Gasteiger charge is -2.21. The average Bonchev–Trinajstić information content (AvgIpc) is 2.79. The van der Waals surface area contributed by atoms with Crippen LogP contribution in [0, 0.1) is 11.8 Å². The first-order valence-corrected chi connectivity index (χ1v) is 7.89. The van der Waals surface area contributed by atoms with Crippen LogP contribution in [0.1, 0.15) is 44.9 Å². The summed E-state index contributed by atoms with van der Waals surface area (Å²) in [5.41, 5.74) is 0. The molecule has 88 valence electrons. The van der Waals surface area contributed by atoms with Gasteiger partial charge in [-0.25, -0.2) is 0 Å². The van der Waals surface area contributed by atoms with E-state index in [1.54, 1.807) is 0 Å². The van der Waals surface area contributed by atoms with Gasteiger partial charge in [0.25, 0.3) is 0 Å². The van der Waals surface area contributed by atoms with Gasteiger partial charge in [0.05, 0.1) is 0 Å². The number of hydrogen-bond donors (Lipinski definition) is 1. The van der Waals surface area contributed by atoms with Crippen molar-refractivity contribution in [2.24, 2.45) is 11.8 Å². The molecule has 0 aromatic carbocycles. The minimum Gasteiger partial charge on any atom is -0.316 e. The molecule has 0 amide bonds. The van der Waals surface area contributed by atoms with Crippen molar-refractivity contribution in [1.29, 1.82) is 0 Å². The van der Waals surface area contributed by atoms with Gasteiger partial charge in [-0.3, -0.25) is 0 Å². The SMILES string of the molecule is C1CCC(CCNCC2CCSC2)CC1. The van der Waals surface area contributed by atoms with E-state index in [0.29, 0.717) is 0 Å². The molecule has 1 saturated carbocycles. The molecule has 0 radical (unpaired) electrons. The minimum atomic E-state index is 0.973. The summed E-state index contributed by atoms with van der Waals surface area (Å²) in [4.78, 5) is 0. The lowest BCUT2D eigenvalue weighted by molar-refractivity contribution is 0.331. The van der Waals surface area contributed by atoms with Crippen LogP contribution in [0.4, 0.5) is 0 Å². The third-order valence-electron chi connectivity index (χ3n) is 3.91. The molecule has 0 bridgehead atoms. The van der Waals surface area contributed by atoms with Gasteiger partial charge in [-0.1, -0.05) is 32.1 Å². The Morgan fingerprint density at radius 2 is 1.87 bits per heavy atom. The first-order valence-electron chi connectivity index (χ1n) is 6.73. The molecule has 15 heavy (non-hydrogen) atoms. The lowest BCUT2D eigenvalue weighted by Crippen LogP contribution is -2.25. The fourth-order valence-electron chi connectivity index (χ4n) is 2.83. The molecule has 2 rings (SSSR count). The standard InChI is InChI=1S/C13H25NS/c1-2-4-12(5-3-1)6-8-14-10-13-7-9-15-11-13/h12-14H,1-11H2. The Balaban J connectivity index is 1.47. The minimum absolute atomic E-state index is 0.973. The van der Waals surface area contributed by atoms with Crippen LogP contribution in [0.3, 0.4) is 0 Å². The average molecular weight is 227 g/mol. The third kappa shape index (κ3) is 4.36. The Morgan fingerprint density at radius 3 is 2.60 bits per heavy atom. The van der Waals surface area contributed by atoms with Crippen LogP contribution in [0.25, 0.3) is 0 Å². The Morgan fingerprint density at radius 1 is 1.00 bits per heavy atom. The summed E-state index contributed by atoms with van der Waals surface area (Å²) in [5.74, 6) is 4.82. The highest BCUT2D eigenvalue weighted by molar-refractivity contribution is 7.99. The van der Waals surface area contributed by atoms with Crippen LogP contribution < -0.4 is 5.32 Å². The predicted octanol–water partition coefficient (Wildman–Crippen LogP) is 3.30. The quantitative estimate of drug-likeness (QED) is 0.723. The largest absolute Gasteiger partial charge is 0.316 e. The molecule has 2 heteroatoms. The first kappa shape index (κ1) is 11.8. The second-order valence-corrected chi connectivity index (χ2v) is 6.38. The van der Waals surface area contributed by atoms with Crippen molar-refractivity contribution < 1.29 is 0 Å². The van der Waals surface area contributed by atoms with Crippen molar-refractivity contribution in [2.45, 2.75) is 44.9 Å². The molecular weight excluding hydrogens is 202 g/mol. The van der Waals surface area contributed by atoms with Gasteiger partial charge in [0, 0.05) is 0 Å². The van der Waals surface area contributed by atoms with Crippen LogP contribution in [0.15, 0.2) is 0 Å². The van der Waals surface area contributed by atoms with Crippen molar-refractivity contribution in [2.75, 3.05) is 24.6 Å². The Kier molecular flexibility index (Phi) is 5.34. The Labute approximate surface area is 98.8 Å². The molecule has 0 aromatic heterocycles. The molecule has 1 saturated heterocycles. The number of rotatable bonds is 5. The van der Waals surface area contributed by atoms with Crippen molar-refractivity contribution in [3.63, 3.8) is 0 Å². The van der Waals surface area contributed by atoms with Gasteiger partial charge in [-0.15, -0.1) is 0 Å². The van der Waals surface area contributed by atoms with E-state index >= 15 is 0 Å². The highest BCUT2D eigenvalue weighted by Gasteiger charge is 2.15. The summed E-state index contributed by atoms with van der Waals surface area (Å²) < 4.78 is 0. The second-order valence-electron chi connectivity index (χ2n) is 5.23. The fraction of sp³-hybridized carbons (Fsp3) is 1.00. The van der Waals surface area contributed by atoms with E-state index in [4.69, 9.17) is 0 Å².